The second-order valence-corrected chi connectivity index (χ2v) is 10.1. The Labute approximate surface area is 196 Å². The normalized spacial score (nSPS) is 28.7. The summed E-state index contributed by atoms with van der Waals surface area (Å²) in [7, 11) is 0. The number of nitrogens with one attached hydrogen (secondary N) is 2. The molecule has 9 nitrogen and oxygen atoms in total. The Kier molecular flexibility index (Phi) is 6.47. The number of ether oxygens (including phenoxy) is 1. The monoisotopic (exact) mass is 516 g/mol. The van der Waals surface area contributed by atoms with E-state index in [1.807, 2.05) is 0 Å². The molecule has 3 aliphatic rings. The minimum atomic E-state index is -5.75. The van der Waals surface area contributed by atoms with Crippen LogP contribution in [0.5, 0.6) is 0 Å². The van der Waals surface area contributed by atoms with Crippen LogP contribution in [0.25, 0.3) is 0 Å². The number of hydrogen-bond donors (Lipinski definition) is 3. The maximum Gasteiger partial charge on any atom is 0.410 e. The Morgan fingerprint density at radius 3 is 2.17 bits per heavy atom. The predicted molar refractivity (Wildman–Crippen MR) is 105 cm³/mol. The van der Waals surface area contributed by atoms with Crippen LogP contribution in [0, 0.1) is 23.2 Å². The predicted octanol–water partition coefficient (Wildman–Crippen LogP) is 1.46. The quantitative estimate of drug-likeness (QED) is 0.477. The average molecular weight is 516 g/mol. The van der Waals surface area contributed by atoms with E-state index in [0.717, 1.165) is 0 Å². The number of hydrogen-bond acceptors (Lipinski definition) is 5. The summed E-state index contributed by atoms with van der Waals surface area (Å²) >= 11 is 0. The highest BCUT2D eigenvalue weighted by Gasteiger charge is 2.93. The van der Waals surface area contributed by atoms with Crippen molar-refractivity contribution < 1.29 is 50.3 Å². The summed E-state index contributed by atoms with van der Waals surface area (Å²) in [5.74, 6) is -8.18. The van der Waals surface area contributed by atoms with Crippen molar-refractivity contribution in [2.75, 3.05) is 13.1 Å². The minimum Gasteiger partial charge on any atom is -0.444 e. The molecule has 0 aromatic rings. The number of nitrogens with two attached hydrogens (primary N) is 1. The first-order valence-corrected chi connectivity index (χ1v) is 10.8. The van der Waals surface area contributed by atoms with Crippen molar-refractivity contribution in [3.8, 4) is 0 Å². The van der Waals surface area contributed by atoms with Gasteiger partial charge in [0.2, 0.25) is 17.7 Å². The highest BCUT2D eigenvalue weighted by atomic mass is 19.4. The summed E-state index contributed by atoms with van der Waals surface area (Å²) in [5.41, 5.74) is -0.0664. The topological polar surface area (TPSA) is 131 Å². The molecule has 4 N–H and O–H groups in total. The lowest BCUT2D eigenvalue weighted by atomic mass is 9.93. The summed E-state index contributed by atoms with van der Waals surface area (Å²) < 4.78 is 87.6. The number of carbonyl (C=O) groups is 4. The van der Waals surface area contributed by atoms with Crippen LogP contribution in [0.4, 0.5) is 31.1 Å². The van der Waals surface area contributed by atoms with Gasteiger partial charge in [-0.1, -0.05) is 0 Å². The molecule has 0 unspecified atom stereocenters. The number of alkyl halides is 6. The van der Waals surface area contributed by atoms with Crippen molar-refractivity contribution in [2.24, 2.45) is 28.9 Å². The number of rotatable bonds is 5. The van der Waals surface area contributed by atoms with Gasteiger partial charge in [-0.15, -0.1) is 0 Å². The van der Waals surface area contributed by atoms with Crippen LogP contribution in [-0.4, -0.2) is 71.8 Å². The Hall–Kier alpha value is -2.74. The van der Waals surface area contributed by atoms with E-state index < -0.39 is 83.6 Å². The van der Waals surface area contributed by atoms with Crippen LogP contribution in [0.1, 0.15) is 33.6 Å². The number of primary amides is 1. The minimum absolute atomic E-state index is 0.293. The van der Waals surface area contributed by atoms with E-state index in [1.165, 1.54) is 20.8 Å². The van der Waals surface area contributed by atoms with Crippen molar-refractivity contribution in [1.82, 2.24) is 15.5 Å². The summed E-state index contributed by atoms with van der Waals surface area (Å²) in [6, 6.07) is -3.78. The zero-order valence-electron chi connectivity index (χ0n) is 19.0. The molecule has 0 aromatic heterocycles. The number of likely N-dealkylation sites (tertiary alicyclic amines) is 1. The zero-order chi connectivity index (χ0) is 26.7. The fourth-order valence-corrected chi connectivity index (χ4v) is 5.17. The van der Waals surface area contributed by atoms with Crippen molar-refractivity contribution in [3.63, 3.8) is 0 Å². The molecule has 1 saturated carbocycles. The van der Waals surface area contributed by atoms with E-state index in [9.17, 15) is 45.5 Å². The highest BCUT2D eigenvalue weighted by Crippen LogP contribution is 2.77. The molecule has 0 aromatic carbocycles. The van der Waals surface area contributed by atoms with Crippen LogP contribution in [0.3, 0.4) is 0 Å². The summed E-state index contributed by atoms with van der Waals surface area (Å²) in [5, 5.41) is 4.57. The van der Waals surface area contributed by atoms with Gasteiger partial charge in [0.15, 0.2) is 5.41 Å². The first-order valence-electron chi connectivity index (χ1n) is 10.8. The molecule has 5 atom stereocenters. The molecular formula is C20H26F6N4O5. The van der Waals surface area contributed by atoms with Crippen LogP contribution < -0.4 is 16.4 Å². The molecule has 35 heavy (non-hydrogen) atoms. The van der Waals surface area contributed by atoms with E-state index in [-0.39, 0.29) is 6.42 Å². The van der Waals surface area contributed by atoms with Gasteiger partial charge in [0, 0.05) is 30.8 Å². The summed E-state index contributed by atoms with van der Waals surface area (Å²) in [6.07, 6.45) is -12.8. The van der Waals surface area contributed by atoms with Crippen LogP contribution in [0.2, 0.25) is 0 Å². The number of carbonyl (C=O) groups excluding carboxylic acids is 4. The highest BCUT2D eigenvalue weighted by molar-refractivity contribution is 5.92. The fourth-order valence-electron chi connectivity index (χ4n) is 5.17. The van der Waals surface area contributed by atoms with E-state index >= 15 is 0 Å². The molecular weight excluding hydrogens is 490 g/mol. The molecule has 3 fully saturated rings. The molecule has 4 amide bonds. The Morgan fingerprint density at radius 2 is 1.74 bits per heavy atom. The molecule has 0 spiro atoms. The lowest BCUT2D eigenvalue weighted by Gasteiger charge is -2.35. The van der Waals surface area contributed by atoms with Crippen LogP contribution >= 0.6 is 0 Å². The van der Waals surface area contributed by atoms with E-state index in [0.29, 0.717) is 17.9 Å². The molecule has 0 bridgehead atoms. The number of amides is 4. The molecule has 198 valence electrons. The van der Waals surface area contributed by atoms with Crippen molar-refractivity contribution in [1.29, 1.82) is 0 Å². The van der Waals surface area contributed by atoms with Gasteiger partial charge in [0.05, 0.1) is 0 Å². The van der Waals surface area contributed by atoms with Gasteiger partial charge in [-0.3, -0.25) is 19.3 Å². The fraction of sp³-hybridized carbons (Fsp3) is 0.800. The van der Waals surface area contributed by atoms with Crippen LogP contribution in [0.15, 0.2) is 0 Å². The van der Waals surface area contributed by atoms with Gasteiger partial charge in [-0.25, -0.2) is 4.79 Å². The molecule has 0 radical (unpaired) electrons. The second kappa shape index (κ2) is 8.43. The number of fused-ring (bicyclic) bond motifs is 1. The third kappa shape index (κ3) is 4.60. The largest absolute Gasteiger partial charge is 0.444 e. The smallest absolute Gasteiger partial charge is 0.410 e. The van der Waals surface area contributed by atoms with E-state index in [4.69, 9.17) is 10.5 Å². The van der Waals surface area contributed by atoms with Gasteiger partial charge in [-0.2, -0.15) is 26.3 Å². The van der Waals surface area contributed by atoms with Gasteiger partial charge in [0.1, 0.15) is 17.7 Å². The maximum absolute atomic E-state index is 13.7. The third-order valence-corrected chi connectivity index (χ3v) is 6.68. The Morgan fingerprint density at radius 1 is 1.17 bits per heavy atom. The number of nitrogens with zero attached hydrogens (tertiary/aromatic N) is 1. The number of halogens is 6. The number of piperidine rings is 1. The first-order chi connectivity index (χ1) is 15.8. The maximum atomic E-state index is 13.7. The molecule has 1 aliphatic carbocycles. The first kappa shape index (κ1) is 26.9. The molecule has 2 saturated heterocycles. The molecule has 2 heterocycles. The summed E-state index contributed by atoms with van der Waals surface area (Å²) in [6.45, 7) is 3.57. The summed E-state index contributed by atoms with van der Waals surface area (Å²) in [4.78, 5) is 49.9. The van der Waals surface area contributed by atoms with Gasteiger partial charge in [0.25, 0.3) is 0 Å². The average Bonchev–Trinajstić information content (AvgIpc) is 2.94. The molecule has 3 rings (SSSR count). The SMILES string of the molecule is CC(C)(C)OC(=O)N1C[C@H]2[C@@H]([C@H]1C(=O)N[C@@H](C[C@@H]1CCNC1=O)C(N)=O)C2(C(F)(F)F)C(F)(F)F. The third-order valence-electron chi connectivity index (χ3n) is 6.68. The van der Waals surface area contributed by atoms with Crippen molar-refractivity contribution >= 4 is 23.8 Å². The van der Waals surface area contributed by atoms with Gasteiger partial charge >= 0.3 is 18.4 Å². The molecule has 2 aliphatic heterocycles. The van der Waals surface area contributed by atoms with Crippen LogP contribution in [-0.2, 0) is 19.1 Å². The standard InChI is InChI=1S/C20H26F6N4O5/c1-17(2,3)35-16(34)30-7-9-11(18(9,19(21,22)23)20(24,25)26)12(30)15(33)29-10(13(27)31)6-8-4-5-28-14(8)32/h8-12H,4-7H2,1-3H3,(H2,27,31)(H,28,32)(H,29,33)/t8-,9-,10-,11-,12-/m0/s1. The van der Waals surface area contributed by atoms with E-state index in [2.05, 4.69) is 10.6 Å². The van der Waals surface area contributed by atoms with Crippen molar-refractivity contribution in [2.45, 2.75) is 63.7 Å². The molecule has 15 heteroatoms. The second-order valence-electron chi connectivity index (χ2n) is 10.1. The van der Waals surface area contributed by atoms with Gasteiger partial charge in [-0.05, 0) is 33.6 Å². The van der Waals surface area contributed by atoms with E-state index in [1.54, 1.807) is 0 Å². The van der Waals surface area contributed by atoms with Crippen molar-refractivity contribution in [3.05, 3.63) is 0 Å². The Balaban J connectivity index is 1.92. The van der Waals surface area contributed by atoms with Gasteiger partial charge < -0.3 is 21.1 Å². The lowest BCUT2D eigenvalue weighted by Crippen LogP contribution is -2.58. The Bertz CT molecular complexity index is 901. The lowest BCUT2D eigenvalue weighted by molar-refractivity contribution is -0.314. The zero-order valence-corrected chi connectivity index (χ0v) is 19.0.